The number of benzene rings is 2. The van der Waals surface area contributed by atoms with Crippen LogP contribution >= 0.6 is 22.9 Å². The third kappa shape index (κ3) is 5.00. The molecule has 0 unspecified atom stereocenters. The van der Waals surface area contributed by atoms with Gasteiger partial charge in [-0.1, -0.05) is 35.1 Å². The number of rotatable bonds is 7. The fraction of sp³-hybridized carbons (Fsp3) is 0.333. The number of carbonyl (C=O) groups excluding carboxylic acids is 1. The highest BCUT2D eigenvalue weighted by Crippen LogP contribution is 2.34. The standard InChI is InChI=1S/C21H24ClN3O3S2/c1-14-12-15(22)13-17-19(14)23-21(29-17)25(11-7-10-24(2)3)20(26)16-8-5-6-9-18(16)30(4,27)28/h5-6,8-9,12-13H,7,10-11H2,1-4H3. The number of anilines is 1. The number of amides is 1. The number of fused-ring (bicyclic) bond motifs is 1. The first-order valence-corrected chi connectivity index (χ1v) is 12.5. The summed E-state index contributed by atoms with van der Waals surface area (Å²) < 4.78 is 25.4. The molecular weight excluding hydrogens is 442 g/mol. The Hall–Kier alpha value is -2.00. The van der Waals surface area contributed by atoms with Gasteiger partial charge >= 0.3 is 0 Å². The van der Waals surface area contributed by atoms with Crippen molar-refractivity contribution in [2.45, 2.75) is 18.2 Å². The van der Waals surface area contributed by atoms with E-state index in [-0.39, 0.29) is 16.4 Å². The van der Waals surface area contributed by atoms with Gasteiger partial charge in [0.05, 0.1) is 20.7 Å². The first-order valence-electron chi connectivity index (χ1n) is 9.40. The number of nitrogens with zero attached hydrogens (tertiary/aromatic N) is 3. The van der Waals surface area contributed by atoms with Crippen LogP contribution in [-0.2, 0) is 9.84 Å². The molecule has 6 nitrogen and oxygen atoms in total. The summed E-state index contributed by atoms with van der Waals surface area (Å²) in [6.45, 7) is 3.13. The van der Waals surface area contributed by atoms with E-state index in [9.17, 15) is 13.2 Å². The minimum absolute atomic E-state index is 0.0212. The van der Waals surface area contributed by atoms with Gasteiger partial charge in [0.25, 0.3) is 5.91 Å². The SMILES string of the molecule is Cc1cc(Cl)cc2sc(N(CCCN(C)C)C(=O)c3ccccc3S(C)(=O)=O)nc12. The number of aryl methyl sites for hydroxylation is 1. The van der Waals surface area contributed by atoms with Gasteiger partial charge in [0.2, 0.25) is 0 Å². The highest BCUT2D eigenvalue weighted by molar-refractivity contribution is 7.90. The Morgan fingerprint density at radius 2 is 1.87 bits per heavy atom. The van der Waals surface area contributed by atoms with Crippen LogP contribution in [-0.4, -0.2) is 57.6 Å². The minimum atomic E-state index is -3.56. The molecule has 0 aliphatic heterocycles. The molecule has 1 aromatic heterocycles. The molecule has 160 valence electrons. The molecule has 0 atom stereocenters. The van der Waals surface area contributed by atoms with Gasteiger partial charge in [0.15, 0.2) is 15.0 Å². The Labute approximate surface area is 186 Å². The van der Waals surface area contributed by atoms with E-state index in [4.69, 9.17) is 16.6 Å². The van der Waals surface area contributed by atoms with Gasteiger partial charge in [-0.05, 0) is 63.8 Å². The Balaban J connectivity index is 2.08. The zero-order chi connectivity index (χ0) is 22.1. The average molecular weight is 466 g/mol. The van der Waals surface area contributed by atoms with E-state index in [1.807, 2.05) is 38.1 Å². The van der Waals surface area contributed by atoms with Gasteiger partial charge in [-0.15, -0.1) is 0 Å². The van der Waals surface area contributed by atoms with Gasteiger partial charge in [-0.25, -0.2) is 13.4 Å². The summed E-state index contributed by atoms with van der Waals surface area (Å²) in [6.07, 6.45) is 1.83. The van der Waals surface area contributed by atoms with Crippen LogP contribution in [0.1, 0.15) is 22.3 Å². The van der Waals surface area contributed by atoms with Crippen molar-refractivity contribution in [2.75, 3.05) is 38.3 Å². The normalized spacial score (nSPS) is 11.9. The molecule has 9 heteroatoms. The van der Waals surface area contributed by atoms with Crippen molar-refractivity contribution in [3.05, 3.63) is 52.5 Å². The van der Waals surface area contributed by atoms with Crippen molar-refractivity contribution >= 4 is 54.0 Å². The number of aromatic nitrogens is 1. The minimum Gasteiger partial charge on any atom is -0.309 e. The fourth-order valence-corrected chi connectivity index (χ4v) is 5.52. The zero-order valence-corrected chi connectivity index (χ0v) is 19.7. The molecule has 1 heterocycles. The van der Waals surface area contributed by atoms with Crippen LogP contribution in [0.25, 0.3) is 10.2 Å². The molecule has 0 radical (unpaired) electrons. The molecule has 30 heavy (non-hydrogen) atoms. The molecule has 0 N–H and O–H groups in total. The number of thiazole rings is 1. The quantitative estimate of drug-likeness (QED) is 0.521. The van der Waals surface area contributed by atoms with Crippen LogP contribution in [0.4, 0.5) is 5.13 Å². The van der Waals surface area contributed by atoms with E-state index >= 15 is 0 Å². The maximum Gasteiger partial charge on any atom is 0.261 e. The van der Waals surface area contributed by atoms with Gasteiger partial charge in [-0.3, -0.25) is 9.69 Å². The molecule has 0 fully saturated rings. The van der Waals surface area contributed by atoms with Gasteiger partial charge in [-0.2, -0.15) is 0 Å². The summed E-state index contributed by atoms with van der Waals surface area (Å²) in [7, 11) is 0.378. The molecule has 0 bridgehead atoms. The first kappa shape index (κ1) is 22.7. The maximum absolute atomic E-state index is 13.5. The van der Waals surface area contributed by atoms with Gasteiger partial charge < -0.3 is 4.90 Å². The second kappa shape index (κ2) is 9.01. The lowest BCUT2D eigenvalue weighted by molar-refractivity contribution is 0.0983. The number of carbonyl (C=O) groups is 1. The van der Waals surface area contributed by atoms with E-state index in [0.29, 0.717) is 16.7 Å². The molecular formula is C21H24ClN3O3S2. The van der Waals surface area contributed by atoms with Crippen molar-refractivity contribution in [1.29, 1.82) is 0 Å². The van der Waals surface area contributed by atoms with Crippen molar-refractivity contribution in [1.82, 2.24) is 9.88 Å². The van der Waals surface area contributed by atoms with Crippen molar-refractivity contribution in [2.24, 2.45) is 0 Å². The van der Waals surface area contributed by atoms with Gasteiger partial charge in [0.1, 0.15) is 0 Å². The third-order valence-electron chi connectivity index (χ3n) is 4.62. The Morgan fingerprint density at radius 1 is 1.17 bits per heavy atom. The summed E-state index contributed by atoms with van der Waals surface area (Å²) in [4.78, 5) is 21.8. The molecule has 0 saturated heterocycles. The van der Waals surface area contributed by atoms with Crippen molar-refractivity contribution in [3.8, 4) is 0 Å². The highest BCUT2D eigenvalue weighted by Gasteiger charge is 2.26. The van der Waals surface area contributed by atoms with Crippen LogP contribution in [0, 0.1) is 6.92 Å². The predicted molar refractivity (Wildman–Crippen MR) is 124 cm³/mol. The second-order valence-corrected chi connectivity index (χ2v) is 10.9. The number of halogens is 1. The van der Waals surface area contributed by atoms with Crippen molar-refractivity contribution < 1.29 is 13.2 Å². The second-order valence-electron chi connectivity index (χ2n) is 7.45. The fourth-order valence-electron chi connectivity index (χ4n) is 3.20. The smallest absolute Gasteiger partial charge is 0.261 e. The molecule has 1 amide bonds. The van der Waals surface area contributed by atoms with E-state index in [2.05, 4.69) is 0 Å². The molecule has 0 spiro atoms. The lowest BCUT2D eigenvalue weighted by Crippen LogP contribution is -2.34. The Kier molecular flexibility index (Phi) is 6.81. The van der Waals surface area contributed by atoms with E-state index in [1.54, 1.807) is 23.1 Å². The predicted octanol–water partition coefficient (Wildman–Crippen LogP) is 4.26. The molecule has 0 saturated carbocycles. The highest BCUT2D eigenvalue weighted by atomic mass is 35.5. The first-order chi connectivity index (χ1) is 14.1. The average Bonchev–Trinajstić information content (AvgIpc) is 3.08. The summed E-state index contributed by atoms with van der Waals surface area (Å²) in [6, 6.07) is 9.97. The van der Waals surface area contributed by atoms with Crippen LogP contribution in [0.2, 0.25) is 5.02 Å². The van der Waals surface area contributed by atoms with E-state index < -0.39 is 9.84 Å². The Bertz CT molecular complexity index is 1190. The number of sulfone groups is 1. The largest absolute Gasteiger partial charge is 0.309 e. The zero-order valence-electron chi connectivity index (χ0n) is 17.3. The number of hydrogen-bond donors (Lipinski definition) is 0. The monoisotopic (exact) mass is 465 g/mol. The van der Waals surface area contributed by atoms with Gasteiger partial charge in [0, 0.05) is 17.8 Å². The molecule has 2 aromatic carbocycles. The lowest BCUT2D eigenvalue weighted by atomic mass is 10.2. The third-order valence-corrected chi connectivity index (χ3v) is 7.02. The summed E-state index contributed by atoms with van der Waals surface area (Å²) >= 11 is 7.56. The molecule has 0 aliphatic rings. The van der Waals surface area contributed by atoms with Crippen molar-refractivity contribution in [3.63, 3.8) is 0 Å². The van der Waals surface area contributed by atoms with Crippen LogP contribution in [0.5, 0.6) is 0 Å². The topological polar surface area (TPSA) is 70.6 Å². The van der Waals surface area contributed by atoms with Crippen LogP contribution < -0.4 is 4.90 Å². The number of hydrogen-bond acceptors (Lipinski definition) is 6. The summed E-state index contributed by atoms with van der Waals surface area (Å²) in [5, 5.41) is 1.14. The van der Waals surface area contributed by atoms with E-state index in [0.717, 1.165) is 35.0 Å². The molecule has 3 aromatic rings. The van der Waals surface area contributed by atoms with E-state index in [1.165, 1.54) is 17.4 Å². The lowest BCUT2D eigenvalue weighted by Gasteiger charge is -2.22. The summed E-state index contributed by atoms with van der Waals surface area (Å²) in [5.41, 5.74) is 1.87. The maximum atomic E-state index is 13.5. The van der Waals surface area contributed by atoms with Crippen LogP contribution in [0.15, 0.2) is 41.3 Å². The van der Waals surface area contributed by atoms with Crippen LogP contribution in [0.3, 0.4) is 0 Å². The molecule has 3 rings (SSSR count). The Morgan fingerprint density at radius 3 is 2.53 bits per heavy atom. The summed E-state index contributed by atoms with van der Waals surface area (Å²) in [5.74, 6) is -0.377. The molecule has 0 aliphatic carbocycles.